The number of rotatable bonds is 4. The first kappa shape index (κ1) is 17.5. The van der Waals surface area contributed by atoms with Gasteiger partial charge in [-0.1, -0.05) is 54.6 Å². The van der Waals surface area contributed by atoms with E-state index < -0.39 is 0 Å². The maximum absolute atomic E-state index is 6.06. The molecule has 3 aromatic carbocycles. The van der Waals surface area contributed by atoms with Crippen LogP contribution in [-0.4, -0.2) is 20.2 Å². The molecule has 0 saturated heterocycles. The Bertz CT molecular complexity index is 1540. The summed E-state index contributed by atoms with van der Waals surface area (Å²) in [4.78, 5) is 8.69. The van der Waals surface area contributed by atoms with Crippen molar-refractivity contribution in [1.29, 1.82) is 0 Å². The number of nitrogens with zero attached hydrogens (tertiary/aromatic N) is 4. The molecule has 0 bridgehead atoms. The number of hydrogen-bond acceptors (Lipinski definition) is 6. The van der Waals surface area contributed by atoms with Crippen LogP contribution in [0, 0.1) is 0 Å². The summed E-state index contributed by atoms with van der Waals surface area (Å²) in [5.74, 6) is 0.616. The van der Waals surface area contributed by atoms with Crippen molar-refractivity contribution in [2.75, 3.05) is 5.32 Å². The zero-order chi connectivity index (χ0) is 20.6. The minimum absolute atomic E-state index is 0.396. The molecule has 0 aliphatic rings. The molecule has 0 fully saturated rings. The lowest BCUT2D eigenvalue weighted by Crippen LogP contribution is -2.02. The molecule has 3 aromatic heterocycles. The molecular weight excluding hydrogens is 386 g/mol. The number of fused-ring (bicyclic) bond motifs is 4. The number of hydrogen-bond donors (Lipinski definition) is 1. The first-order chi connectivity index (χ1) is 15.3. The molecule has 0 radical (unpaired) electrons. The van der Waals surface area contributed by atoms with E-state index in [1.54, 1.807) is 12.4 Å². The Balaban J connectivity index is 1.41. The van der Waals surface area contributed by atoms with Crippen LogP contribution in [0.1, 0.15) is 11.3 Å². The Labute approximate surface area is 177 Å². The molecule has 31 heavy (non-hydrogen) atoms. The minimum Gasteiger partial charge on any atom is -0.423 e. The van der Waals surface area contributed by atoms with E-state index in [1.165, 1.54) is 0 Å². The molecule has 0 spiro atoms. The molecule has 3 heterocycles. The molecule has 6 heteroatoms. The van der Waals surface area contributed by atoms with Gasteiger partial charge in [-0.3, -0.25) is 10.3 Å². The van der Waals surface area contributed by atoms with Gasteiger partial charge < -0.3 is 4.42 Å². The van der Waals surface area contributed by atoms with Gasteiger partial charge in [0, 0.05) is 35.0 Å². The van der Waals surface area contributed by atoms with Crippen LogP contribution >= 0.6 is 0 Å². The Morgan fingerprint density at radius 2 is 1.52 bits per heavy atom. The van der Waals surface area contributed by atoms with Crippen LogP contribution in [0.3, 0.4) is 0 Å². The fourth-order valence-electron chi connectivity index (χ4n) is 3.89. The fraction of sp³-hybridized carbons (Fsp3) is 0.0400. The van der Waals surface area contributed by atoms with Gasteiger partial charge in [-0.05, 0) is 29.1 Å². The van der Waals surface area contributed by atoms with Gasteiger partial charge in [0.05, 0.1) is 5.69 Å². The molecule has 0 aliphatic heterocycles. The van der Waals surface area contributed by atoms with Crippen molar-refractivity contribution in [1.82, 2.24) is 20.2 Å². The van der Waals surface area contributed by atoms with Crippen LogP contribution in [0.2, 0.25) is 0 Å². The minimum atomic E-state index is 0.396. The number of nitrogens with one attached hydrogen (secondary N) is 1. The number of pyridine rings is 1. The van der Waals surface area contributed by atoms with Crippen LogP contribution < -0.4 is 5.32 Å². The van der Waals surface area contributed by atoms with Crippen LogP contribution in [0.4, 0.5) is 11.8 Å². The normalized spacial score (nSPS) is 11.4. The maximum atomic E-state index is 6.06. The topological polar surface area (TPSA) is 76.7 Å². The van der Waals surface area contributed by atoms with Gasteiger partial charge in [0.1, 0.15) is 5.52 Å². The van der Waals surface area contributed by atoms with Gasteiger partial charge in [-0.25, -0.2) is 0 Å². The predicted octanol–water partition coefficient (Wildman–Crippen LogP) is 5.65. The lowest BCUT2D eigenvalue weighted by atomic mass is 10.1. The van der Waals surface area contributed by atoms with E-state index in [-0.39, 0.29) is 0 Å². The maximum Gasteiger partial charge on any atom is 0.301 e. The Morgan fingerprint density at radius 3 is 2.39 bits per heavy atom. The smallest absolute Gasteiger partial charge is 0.301 e. The van der Waals surface area contributed by atoms with Crippen molar-refractivity contribution in [3.05, 3.63) is 96.4 Å². The van der Waals surface area contributed by atoms with E-state index in [4.69, 9.17) is 4.42 Å². The van der Waals surface area contributed by atoms with Gasteiger partial charge in [0.25, 0.3) is 0 Å². The average molecular weight is 403 g/mol. The predicted molar refractivity (Wildman–Crippen MR) is 121 cm³/mol. The molecule has 0 saturated carbocycles. The largest absolute Gasteiger partial charge is 0.423 e. The molecule has 0 unspecified atom stereocenters. The standard InChI is InChI=1S/C25H17N5O/c1-2-6-18-17(5-1)9-10-21-23(18)31-25(27-21)28-24-20-8-4-3-7-19(20)22(29-30-24)15-16-11-13-26-14-12-16/h1-14H,15H2,(H,27,28,30). The third-order valence-corrected chi connectivity index (χ3v) is 5.39. The van der Waals surface area contributed by atoms with Crippen LogP contribution in [-0.2, 0) is 6.42 Å². The number of benzene rings is 3. The third kappa shape index (κ3) is 3.14. The third-order valence-electron chi connectivity index (χ3n) is 5.39. The number of aromatic nitrogens is 4. The second-order valence-corrected chi connectivity index (χ2v) is 7.35. The molecule has 6 nitrogen and oxygen atoms in total. The van der Waals surface area contributed by atoms with E-state index in [0.717, 1.165) is 43.9 Å². The van der Waals surface area contributed by atoms with Gasteiger partial charge in [0.15, 0.2) is 11.4 Å². The Morgan fingerprint density at radius 1 is 0.742 bits per heavy atom. The van der Waals surface area contributed by atoms with Crippen molar-refractivity contribution in [3.8, 4) is 0 Å². The van der Waals surface area contributed by atoms with Crippen molar-refractivity contribution in [3.63, 3.8) is 0 Å². The van der Waals surface area contributed by atoms with E-state index in [1.807, 2.05) is 60.7 Å². The summed E-state index contributed by atoms with van der Waals surface area (Å²) in [5, 5.41) is 16.3. The number of anilines is 2. The SMILES string of the molecule is c1ccc2c(c1)ccc1nc(Nc3nnc(Cc4ccncc4)c4ccccc34)oc12. The fourth-order valence-corrected chi connectivity index (χ4v) is 3.89. The second-order valence-electron chi connectivity index (χ2n) is 7.35. The summed E-state index contributed by atoms with van der Waals surface area (Å²) in [7, 11) is 0. The number of oxazole rings is 1. The summed E-state index contributed by atoms with van der Waals surface area (Å²) in [6, 6.07) is 24.6. The van der Waals surface area contributed by atoms with Gasteiger partial charge in [0.2, 0.25) is 0 Å². The molecule has 0 atom stereocenters. The van der Waals surface area contributed by atoms with Crippen LogP contribution in [0.5, 0.6) is 0 Å². The summed E-state index contributed by atoms with van der Waals surface area (Å²) in [5.41, 5.74) is 3.61. The van der Waals surface area contributed by atoms with E-state index >= 15 is 0 Å². The lowest BCUT2D eigenvalue weighted by molar-refractivity contribution is 0.625. The highest BCUT2D eigenvalue weighted by Crippen LogP contribution is 2.31. The quantitative estimate of drug-likeness (QED) is 0.410. The molecule has 6 rings (SSSR count). The Kier molecular flexibility index (Phi) is 4.06. The van der Waals surface area contributed by atoms with Crippen LogP contribution in [0.15, 0.2) is 89.6 Å². The van der Waals surface area contributed by atoms with E-state index in [0.29, 0.717) is 18.3 Å². The average Bonchev–Trinajstić information content (AvgIpc) is 3.24. The van der Waals surface area contributed by atoms with Crippen molar-refractivity contribution in [2.24, 2.45) is 0 Å². The highest BCUT2D eigenvalue weighted by Gasteiger charge is 2.14. The van der Waals surface area contributed by atoms with Gasteiger partial charge in [-0.2, -0.15) is 10.1 Å². The lowest BCUT2D eigenvalue weighted by Gasteiger charge is -2.09. The molecule has 148 valence electrons. The molecule has 1 N–H and O–H groups in total. The van der Waals surface area contributed by atoms with Crippen molar-refractivity contribution < 1.29 is 4.42 Å². The highest BCUT2D eigenvalue weighted by atomic mass is 16.4. The van der Waals surface area contributed by atoms with Crippen molar-refractivity contribution in [2.45, 2.75) is 6.42 Å². The van der Waals surface area contributed by atoms with E-state index in [2.05, 4.69) is 37.6 Å². The summed E-state index contributed by atoms with van der Waals surface area (Å²) in [6.45, 7) is 0. The first-order valence-electron chi connectivity index (χ1n) is 10.0. The summed E-state index contributed by atoms with van der Waals surface area (Å²) < 4.78 is 6.06. The highest BCUT2D eigenvalue weighted by molar-refractivity contribution is 6.03. The summed E-state index contributed by atoms with van der Waals surface area (Å²) >= 11 is 0. The van der Waals surface area contributed by atoms with Crippen molar-refractivity contribution >= 4 is 44.5 Å². The molecule has 6 aromatic rings. The Hall–Kier alpha value is -4.32. The zero-order valence-corrected chi connectivity index (χ0v) is 16.5. The van der Waals surface area contributed by atoms with Crippen LogP contribution in [0.25, 0.3) is 32.6 Å². The second kappa shape index (κ2) is 7.18. The van der Waals surface area contributed by atoms with Gasteiger partial charge >= 0.3 is 6.01 Å². The van der Waals surface area contributed by atoms with Gasteiger partial charge in [-0.15, -0.1) is 5.10 Å². The molecular formula is C25H17N5O. The zero-order valence-electron chi connectivity index (χ0n) is 16.5. The summed E-state index contributed by atoms with van der Waals surface area (Å²) in [6.07, 6.45) is 4.26. The van der Waals surface area contributed by atoms with E-state index in [9.17, 15) is 0 Å². The first-order valence-corrected chi connectivity index (χ1v) is 10.0. The molecule has 0 amide bonds. The molecule has 0 aliphatic carbocycles. The monoisotopic (exact) mass is 403 g/mol.